The van der Waals surface area contributed by atoms with Crippen molar-refractivity contribution in [2.75, 3.05) is 6.61 Å². The van der Waals surface area contributed by atoms with Crippen LogP contribution in [0.5, 0.6) is 0 Å². The first-order chi connectivity index (χ1) is 6.02. The maximum Gasteiger partial charge on any atom is 0.303 e. The van der Waals surface area contributed by atoms with Crippen LogP contribution in [0.4, 0.5) is 0 Å². The van der Waals surface area contributed by atoms with Gasteiger partial charge in [-0.3, -0.25) is 4.79 Å². The average molecular weight is 188 g/mol. The predicted octanol–water partition coefficient (Wildman–Crippen LogP) is 2.30. The largest absolute Gasteiger partial charge is 0.481 e. The van der Waals surface area contributed by atoms with E-state index < -0.39 is 5.97 Å². The Morgan fingerprint density at radius 1 is 1.31 bits per heavy atom. The van der Waals surface area contributed by atoms with Crippen molar-refractivity contribution in [3.63, 3.8) is 0 Å². The summed E-state index contributed by atoms with van der Waals surface area (Å²) in [5, 5.41) is 8.44. The van der Waals surface area contributed by atoms with Gasteiger partial charge in [0.05, 0.1) is 6.10 Å². The Kier molecular flexibility index (Phi) is 6.59. The molecule has 0 unspecified atom stereocenters. The van der Waals surface area contributed by atoms with Crippen LogP contribution in [0, 0.1) is 5.92 Å². The summed E-state index contributed by atoms with van der Waals surface area (Å²) >= 11 is 0. The van der Waals surface area contributed by atoms with Crippen LogP contribution in [0.1, 0.15) is 40.0 Å². The van der Waals surface area contributed by atoms with Crippen LogP contribution >= 0.6 is 0 Å². The first kappa shape index (κ1) is 12.4. The fourth-order valence-electron chi connectivity index (χ4n) is 1.02. The molecule has 0 amide bonds. The highest BCUT2D eigenvalue weighted by Gasteiger charge is 2.05. The fourth-order valence-corrected chi connectivity index (χ4v) is 1.02. The molecule has 3 heteroatoms. The Bertz CT molecular complexity index is 143. The second-order valence-electron chi connectivity index (χ2n) is 3.75. The molecular formula is C10H20O3. The molecule has 0 aliphatic heterocycles. The normalized spacial score (nSPS) is 13.2. The molecule has 0 heterocycles. The molecule has 0 saturated carbocycles. The molecule has 0 aromatic carbocycles. The number of hydrogen-bond acceptors (Lipinski definition) is 2. The molecule has 0 radical (unpaired) electrons. The molecule has 1 atom stereocenters. The maximum atomic E-state index is 10.3. The molecule has 0 rings (SSSR count). The van der Waals surface area contributed by atoms with Gasteiger partial charge in [-0.2, -0.15) is 0 Å². The lowest BCUT2D eigenvalue weighted by Crippen LogP contribution is -2.08. The molecule has 0 aromatic heterocycles. The van der Waals surface area contributed by atoms with E-state index in [-0.39, 0.29) is 12.5 Å². The molecule has 0 bridgehead atoms. The van der Waals surface area contributed by atoms with Crippen molar-refractivity contribution in [2.45, 2.75) is 46.1 Å². The summed E-state index contributed by atoms with van der Waals surface area (Å²) in [5.74, 6) is -0.272. The molecule has 78 valence electrons. The molecule has 0 aromatic rings. The van der Waals surface area contributed by atoms with Crippen molar-refractivity contribution in [2.24, 2.45) is 5.92 Å². The molecule has 0 fully saturated rings. The highest BCUT2D eigenvalue weighted by molar-refractivity contribution is 5.66. The molecule has 0 aliphatic rings. The molecule has 1 N–H and O–H groups in total. The van der Waals surface area contributed by atoms with Crippen LogP contribution in [-0.4, -0.2) is 23.8 Å². The summed E-state index contributed by atoms with van der Waals surface area (Å²) in [6, 6.07) is 0. The Hall–Kier alpha value is -0.570. The van der Waals surface area contributed by atoms with Crippen LogP contribution in [-0.2, 0) is 9.53 Å². The zero-order valence-electron chi connectivity index (χ0n) is 8.75. The van der Waals surface area contributed by atoms with Crippen molar-refractivity contribution in [1.29, 1.82) is 0 Å². The van der Waals surface area contributed by atoms with Gasteiger partial charge in [0.25, 0.3) is 0 Å². The lowest BCUT2D eigenvalue weighted by Gasteiger charge is -2.11. The van der Waals surface area contributed by atoms with Crippen LogP contribution in [0.25, 0.3) is 0 Å². The Balaban J connectivity index is 3.30. The summed E-state index contributed by atoms with van der Waals surface area (Å²) < 4.78 is 5.37. The zero-order chi connectivity index (χ0) is 10.3. The standard InChI is InChI=1S/C10H20O3/c1-8(2)13-7-6-9(3)4-5-10(11)12/h8-9H,4-7H2,1-3H3,(H,11,12)/t9-/m1/s1. The third-order valence-electron chi connectivity index (χ3n) is 1.91. The summed E-state index contributed by atoms with van der Waals surface area (Å²) in [7, 11) is 0. The van der Waals surface area contributed by atoms with E-state index in [0.29, 0.717) is 5.92 Å². The van der Waals surface area contributed by atoms with Crippen molar-refractivity contribution < 1.29 is 14.6 Å². The minimum Gasteiger partial charge on any atom is -0.481 e. The number of carboxylic acids is 1. The van der Waals surface area contributed by atoms with E-state index in [9.17, 15) is 4.79 Å². The van der Waals surface area contributed by atoms with Gasteiger partial charge in [0, 0.05) is 13.0 Å². The van der Waals surface area contributed by atoms with Gasteiger partial charge >= 0.3 is 5.97 Å². The van der Waals surface area contributed by atoms with E-state index in [1.54, 1.807) is 0 Å². The fraction of sp³-hybridized carbons (Fsp3) is 0.900. The van der Waals surface area contributed by atoms with Crippen molar-refractivity contribution >= 4 is 5.97 Å². The maximum absolute atomic E-state index is 10.3. The molecular weight excluding hydrogens is 168 g/mol. The van der Waals surface area contributed by atoms with Crippen molar-refractivity contribution in [3.8, 4) is 0 Å². The van der Waals surface area contributed by atoms with E-state index >= 15 is 0 Å². The third kappa shape index (κ3) is 9.34. The van der Waals surface area contributed by atoms with Crippen LogP contribution in [0.15, 0.2) is 0 Å². The van der Waals surface area contributed by atoms with E-state index in [0.717, 1.165) is 19.4 Å². The second kappa shape index (κ2) is 6.89. The lowest BCUT2D eigenvalue weighted by atomic mass is 10.0. The van der Waals surface area contributed by atoms with Gasteiger partial charge in [-0.1, -0.05) is 6.92 Å². The molecule has 13 heavy (non-hydrogen) atoms. The van der Waals surface area contributed by atoms with E-state index in [4.69, 9.17) is 9.84 Å². The molecule has 3 nitrogen and oxygen atoms in total. The number of ether oxygens (including phenoxy) is 1. The summed E-state index contributed by atoms with van der Waals surface area (Å²) in [6.07, 6.45) is 2.23. The Morgan fingerprint density at radius 2 is 1.92 bits per heavy atom. The number of carboxylic acid groups (broad SMARTS) is 1. The van der Waals surface area contributed by atoms with Gasteiger partial charge in [0.1, 0.15) is 0 Å². The monoisotopic (exact) mass is 188 g/mol. The average Bonchev–Trinajstić information content (AvgIpc) is 2.00. The van der Waals surface area contributed by atoms with E-state index in [1.165, 1.54) is 0 Å². The van der Waals surface area contributed by atoms with Gasteiger partial charge in [0.2, 0.25) is 0 Å². The minimum absolute atomic E-state index is 0.267. The molecule has 0 spiro atoms. The van der Waals surface area contributed by atoms with Gasteiger partial charge in [0.15, 0.2) is 0 Å². The number of hydrogen-bond donors (Lipinski definition) is 1. The van der Waals surface area contributed by atoms with Crippen LogP contribution in [0.2, 0.25) is 0 Å². The first-order valence-corrected chi connectivity index (χ1v) is 4.85. The molecule has 0 saturated heterocycles. The van der Waals surface area contributed by atoms with Gasteiger partial charge in [-0.15, -0.1) is 0 Å². The second-order valence-corrected chi connectivity index (χ2v) is 3.75. The SMILES string of the molecule is CC(C)OCC[C@H](C)CCC(=O)O. The van der Waals surface area contributed by atoms with Crippen LogP contribution < -0.4 is 0 Å². The summed E-state index contributed by atoms with van der Waals surface area (Å²) in [6.45, 7) is 6.80. The third-order valence-corrected chi connectivity index (χ3v) is 1.91. The summed E-state index contributed by atoms with van der Waals surface area (Å²) in [4.78, 5) is 10.3. The Labute approximate surface area is 80.1 Å². The van der Waals surface area contributed by atoms with Gasteiger partial charge in [-0.25, -0.2) is 0 Å². The van der Waals surface area contributed by atoms with Crippen molar-refractivity contribution in [3.05, 3.63) is 0 Å². The quantitative estimate of drug-likeness (QED) is 0.666. The Morgan fingerprint density at radius 3 is 2.38 bits per heavy atom. The topological polar surface area (TPSA) is 46.5 Å². The number of aliphatic carboxylic acids is 1. The van der Waals surface area contributed by atoms with E-state index in [2.05, 4.69) is 6.92 Å². The highest BCUT2D eigenvalue weighted by atomic mass is 16.5. The highest BCUT2D eigenvalue weighted by Crippen LogP contribution is 2.10. The predicted molar refractivity (Wildman–Crippen MR) is 51.7 cm³/mol. The van der Waals surface area contributed by atoms with E-state index in [1.807, 2.05) is 13.8 Å². The molecule has 0 aliphatic carbocycles. The zero-order valence-corrected chi connectivity index (χ0v) is 8.75. The number of rotatable bonds is 7. The minimum atomic E-state index is -0.711. The smallest absolute Gasteiger partial charge is 0.303 e. The van der Waals surface area contributed by atoms with Gasteiger partial charge in [-0.05, 0) is 32.6 Å². The van der Waals surface area contributed by atoms with Crippen LogP contribution in [0.3, 0.4) is 0 Å². The lowest BCUT2D eigenvalue weighted by molar-refractivity contribution is -0.137. The number of carbonyl (C=O) groups is 1. The van der Waals surface area contributed by atoms with Crippen molar-refractivity contribution in [1.82, 2.24) is 0 Å². The first-order valence-electron chi connectivity index (χ1n) is 4.85. The summed E-state index contributed by atoms with van der Waals surface area (Å²) in [5.41, 5.74) is 0. The van der Waals surface area contributed by atoms with Gasteiger partial charge < -0.3 is 9.84 Å².